The van der Waals surface area contributed by atoms with Crippen LogP contribution < -0.4 is 0 Å². The first kappa shape index (κ1) is 11.1. The van der Waals surface area contributed by atoms with E-state index in [0.29, 0.717) is 13.0 Å². The molecule has 0 atom stereocenters. The normalized spacial score (nSPS) is 14.6. The predicted molar refractivity (Wildman–Crippen MR) is 67.6 cm³/mol. The van der Waals surface area contributed by atoms with E-state index in [1.165, 1.54) is 0 Å². The maximum atomic E-state index is 11.8. The van der Waals surface area contributed by atoms with Crippen molar-refractivity contribution in [3.8, 4) is 0 Å². The minimum absolute atomic E-state index is 0.272. The van der Waals surface area contributed by atoms with Crippen LogP contribution >= 0.6 is 0 Å². The Morgan fingerprint density at radius 3 is 3.06 bits per heavy atom. The summed E-state index contributed by atoms with van der Waals surface area (Å²) in [4.78, 5) is 20.3. The largest absolute Gasteiger partial charge is 0.345 e. The van der Waals surface area contributed by atoms with Crippen LogP contribution in [0.4, 0.5) is 0 Å². The lowest BCUT2D eigenvalue weighted by atomic mass is 9.97. The van der Waals surface area contributed by atoms with Crippen molar-refractivity contribution in [2.75, 3.05) is 0 Å². The van der Waals surface area contributed by atoms with Gasteiger partial charge in [-0.15, -0.1) is 0 Å². The van der Waals surface area contributed by atoms with Gasteiger partial charge in [-0.05, 0) is 31.9 Å². The Hall–Kier alpha value is -1.97. The Morgan fingerprint density at radius 2 is 2.22 bits per heavy atom. The van der Waals surface area contributed by atoms with Crippen LogP contribution in [0.2, 0.25) is 0 Å². The lowest BCUT2D eigenvalue weighted by Gasteiger charge is -2.14. The van der Waals surface area contributed by atoms with Crippen molar-refractivity contribution in [1.82, 2.24) is 14.5 Å². The lowest BCUT2D eigenvalue weighted by Crippen LogP contribution is -2.14. The van der Waals surface area contributed by atoms with E-state index in [0.717, 1.165) is 35.6 Å². The molecule has 0 aromatic carbocycles. The monoisotopic (exact) mass is 241 g/mol. The summed E-state index contributed by atoms with van der Waals surface area (Å²) >= 11 is 0. The van der Waals surface area contributed by atoms with E-state index in [4.69, 9.17) is 0 Å². The fourth-order valence-corrected chi connectivity index (χ4v) is 2.50. The molecular formula is C14H15N3O. The second kappa shape index (κ2) is 4.37. The van der Waals surface area contributed by atoms with Gasteiger partial charge in [-0.1, -0.05) is 0 Å². The summed E-state index contributed by atoms with van der Waals surface area (Å²) in [7, 11) is 0. The molecule has 2 aromatic rings. The van der Waals surface area contributed by atoms with Crippen LogP contribution in [-0.2, 0) is 13.0 Å². The average Bonchev–Trinajstić information content (AvgIpc) is 2.74. The Kier molecular flexibility index (Phi) is 2.70. The molecule has 18 heavy (non-hydrogen) atoms. The minimum Gasteiger partial charge on any atom is -0.345 e. The second-order valence-electron chi connectivity index (χ2n) is 4.68. The highest BCUT2D eigenvalue weighted by molar-refractivity contribution is 5.98. The molecule has 0 saturated carbocycles. The Morgan fingerprint density at radius 1 is 1.33 bits per heavy atom. The molecule has 0 radical (unpaired) electrons. The van der Waals surface area contributed by atoms with E-state index in [9.17, 15) is 4.79 Å². The molecule has 0 saturated heterocycles. The number of fused-ring (bicyclic) bond motifs is 1. The van der Waals surface area contributed by atoms with Crippen LogP contribution in [0.5, 0.6) is 0 Å². The lowest BCUT2D eigenvalue weighted by molar-refractivity contribution is 0.0972. The smallest absolute Gasteiger partial charge is 0.164 e. The molecule has 4 heteroatoms. The summed E-state index contributed by atoms with van der Waals surface area (Å²) < 4.78 is 2.13. The number of nitrogens with zero attached hydrogens (tertiary/aromatic N) is 3. The Labute approximate surface area is 106 Å². The molecule has 0 spiro atoms. The molecule has 0 aliphatic heterocycles. The van der Waals surface area contributed by atoms with Crippen LogP contribution in [0.1, 0.15) is 40.4 Å². The summed E-state index contributed by atoms with van der Waals surface area (Å²) in [5.41, 5.74) is 3.04. The number of aromatic nitrogens is 3. The number of carbonyl (C=O) groups excluding carboxylic acids is 1. The Balaban J connectivity index is 1.92. The van der Waals surface area contributed by atoms with Gasteiger partial charge in [0, 0.05) is 30.1 Å². The minimum atomic E-state index is 0.272. The molecule has 0 bridgehead atoms. The number of Topliss-reactive ketones (excluding diaryl/α,β-unsaturated/α-hetero) is 1. The van der Waals surface area contributed by atoms with Gasteiger partial charge < -0.3 is 4.57 Å². The third-order valence-electron chi connectivity index (χ3n) is 3.36. The summed E-state index contributed by atoms with van der Waals surface area (Å²) in [6.45, 7) is 2.60. The maximum Gasteiger partial charge on any atom is 0.164 e. The van der Waals surface area contributed by atoms with Gasteiger partial charge in [0.25, 0.3) is 0 Å². The van der Waals surface area contributed by atoms with Crippen LogP contribution in [0, 0.1) is 6.92 Å². The molecule has 92 valence electrons. The van der Waals surface area contributed by atoms with Crippen molar-refractivity contribution in [2.24, 2.45) is 0 Å². The van der Waals surface area contributed by atoms with Gasteiger partial charge >= 0.3 is 0 Å². The fourth-order valence-electron chi connectivity index (χ4n) is 2.50. The first-order chi connectivity index (χ1) is 8.74. The zero-order valence-corrected chi connectivity index (χ0v) is 10.4. The van der Waals surface area contributed by atoms with Crippen molar-refractivity contribution < 1.29 is 4.79 Å². The molecule has 0 amide bonds. The van der Waals surface area contributed by atoms with E-state index in [-0.39, 0.29) is 5.78 Å². The van der Waals surface area contributed by atoms with Crippen LogP contribution in [0.15, 0.2) is 24.5 Å². The van der Waals surface area contributed by atoms with Gasteiger partial charge in [-0.3, -0.25) is 4.79 Å². The van der Waals surface area contributed by atoms with Crippen LogP contribution in [-0.4, -0.2) is 20.3 Å². The molecule has 1 aliphatic carbocycles. The van der Waals surface area contributed by atoms with Gasteiger partial charge in [0.05, 0.1) is 12.2 Å². The van der Waals surface area contributed by atoms with Crippen LogP contribution in [0.25, 0.3) is 0 Å². The summed E-state index contributed by atoms with van der Waals surface area (Å²) in [6, 6.07) is 3.86. The molecule has 3 rings (SSSR count). The van der Waals surface area contributed by atoms with Gasteiger partial charge in [-0.25, -0.2) is 9.97 Å². The first-order valence-corrected chi connectivity index (χ1v) is 6.24. The topological polar surface area (TPSA) is 47.8 Å². The molecular weight excluding hydrogens is 226 g/mol. The second-order valence-corrected chi connectivity index (χ2v) is 4.68. The molecule has 0 unspecified atom stereocenters. The summed E-state index contributed by atoms with van der Waals surface area (Å²) in [5, 5.41) is 0. The van der Waals surface area contributed by atoms with Gasteiger partial charge in [-0.2, -0.15) is 0 Å². The number of carbonyl (C=O) groups is 1. The summed E-state index contributed by atoms with van der Waals surface area (Å²) in [5.74, 6) is 1.05. The predicted octanol–water partition coefficient (Wildman–Crippen LogP) is 2.15. The van der Waals surface area contributed by atoms with E-state index >= 15 is 0 Å². The zero-order valence-electron chi connectivity index (χ0n) is 10.4. The van der Waals surface area contributed by atoms with Crippen molar-refractivity contribution in [3.05, 3.63) is 47.3 Å². The maximum absolute atomic E-state index is 11.8. The van der Waals surface area contributed by atoms with E-state index in [1.54, 1.807) is 6.20 Å². The Bertz CT molecular complexity index is 601. The molecule has 4 nitrogen and oxygen atoms in total. The van der Waals surface area contributed by atoms with Gasteiger partial charge in [0.15, 0.2) is 5.78 Å². The quantitative estimate of drug-likeness (QED) is 0.809. The molecule has 1 aliphatic rings. The SMILES string of the molecule is Cc1nccc(Cn2ccc3c2CCCC3=O)n1. The first-order valence-electron chi connectivity index (χ1n) is 6.24. The van der Waals surface area contributed by atoms with E-state index in [1.807, 2.05) is 25.3 Å². The standard InChI is InChI=1S/C14H15N3O/c1-10-15-7-5-11(16-10)9-17-8-6-12-13(17)3-2-4-14(12)18/h5-8H,2-4,9H2,1H3. The zero-order chi connectivity index (χ0) is 12.5. The molecule has 2 aromatic heterocycles. The van der Waals surface area contributed by atoms with Crippen molar-refractivity contribution in [1.29, 1.82) is 0 Å². The van der Waals surface area contributed by atoms with Gasteiger partial charge in [0.1, 0.15) is 5.82 Å². The highest BCUT2D eigenvalue weighted by Crippen LogP contribution is 2.22. The average molecular weight is 241 g/mol. The van der Waals surface area contributed by atoms with E-state index < -0.39 is 0 Å². The molecule has 0 N–H and O–H groups in total. The van der Waals surface area contributed by atoms with Gasteiger partial charge in [0.2, 0.25) is 0 Å². The number of ketones is 1. The highest BCUT2D eigenvalue weighted by atomic mass is 16.1. The fraction of sp³-hybridized carbons (Fsp3) is 0.357. The third-order valence-corrected chi connectivity index (χ3v) is 3.36. The number of hydrogen-bond donors (Lipinski definition) is 0. The van der Waals surface area contributed by atoms with E-state index in [2.05, 4.69) is 14.5 Å². The van der Waals surface area contributed by atoms with Crippen molar-refractivity contribution >= 4 is 5.78 Å². The van der Waals surface area contributed by atoms with Crippen LogP contribution in [0.3, 0.4) is 0 Å². The molecule has 0 fully saturated rings. The number of hydrogen-bond acceptors (Lipinski definition) is 3. The molecule has 2 heterocycles. The highest BCUT2D eigenvalue weighted by Gasteiger charge is 2.20. The summed E-state index contributed by atoms with van der Waals surface area (Å²) in [6.07, 6.45) is 6.39. The number of rotatable bonds is 2. The number of aryl methyl sites for hydroxylation is 1. The third kappa shape index (κ3) is 1.94. The van der Waals surface area contributed by atoms with Crippen molar-refractivity contribution in [2.45, 2.75) is 32.7 Å². The van der Waals surface area contributed by atoms with Crippen molar-refractivity contribution in [3.63, 3.8) is 0 Å².